The highest BCUT2D eigenvalue weighted by Gasteiger charge is 2.24. The molecule has 1 aromatic carbocycles. The number of ether oxygens (including phenoxy) is 3. The van der Waals surface area contributed by atoms with Gasteiger partial charge in [0.15, 0.2) is 24.1 Å². The smallest absolute Gasteiger partial charge is 0.407 e. The maximum Gasteiger partial charge on any atom is 0.407 e. The molecule has 3 amide bonds. The summed E-state index contributed by atoms with van der Waals surface area (Å²) in [6, 6.07) is 4.59. The predicted molar refractivity (Wildman–Crippen MR) is 333 cm³/mol. The first-order chi connectivity index (χ1) is 42.6. The predicted octanol–water partition coefficient (Wildman–Crippen LogP) is 9.77. The second-order valence-electron chi connectivity index (χ2n) is 22.6. The number of alkyl carbamates (subject to hydrolysis) is 1. The van der Waals surface area contributed by atoms with Crippen LogP contribution in [0.2, 0.25) is 0 Å². The van der Waals surface area contributed by atoms with Crippen molar-refractivity contribution in [3.8, 4) is 0 Å². The zero-order valence-electron chi connectivity index (χ0n) is 52.6. The molecule has 1 aliphatic heterocycles. The largest absolute Gasteiger partial charge is 0.756 e. The Hall–Kier alpha value is -5.94. The molecule has 8 N–H and O–H groups in total. The normalized spacial score (nSPS) is 14.0. The Morgan fingerprint density at radius 2 is 1.17 bits per heavy atom. The standard InChI is InChI=1S/C63H106N9O15P/c1-3-5-7-9-11-13-15-17-19-21-23-25-27-29-31-33-55(74)84-47-52(87-56(75)34-32-30-28-26-24-22-20-18-16-14-12-10-8-6-4-2)48-86-88(81,82)85-44-42-66-63(80)83-43-41-65-54(73)40-39-53(61(78)79)70-59(76)49-35-37-50(38-36-49)67-45-51-46-68-58-57(69-51)60(77)72-62(64)71-58/h35-38,46,52-53,60,67,77H,3-34,39-45,47-48H2,1-2H3,(H,65,73)(H,66,80)(H,70,76)(H,78,79)(H,81,82)(H3,64,68,71,72)/p-2/t52-,53?,60?/m1/s1. The molecule has 24 nitrogen and oxygen atoms in total. The number of carboxylic acids is 1. The molecule has 0 spiro atoms. The molecule has 4 atom stereocenters. The van der Waals surface area contributed by atoms with Crippen LogP contribution in [-0.2, 0) is 53.5 Å². The van der Waals surface area contributed by atoms with Crippen molar-refractivity contribution in [1.82, 2.24) is 25.9 Å². The number of carbonyl (C=O) groups excluding carboxylic acids is 6. The zero-order valence-corrected chi connectivity index (χ0v) is 53.5. The molecule has 0 fully saturated rings. The van der Waals surface area contributed by atoms with Crippen LogP contribution in [0.4, 0.5) is 16.3 Å². The lowest BCUT2D eigenvalue weighted by molar-refractivity contribution is -0.308. The van der Waals surface area contributed by atoms with E-state index in [-0.39, 0.29) is 75.0 Å². The molecule has 3 unspecified atom stereocenters. The number of fused-ring (bicyclic) bond motifs is 1. The number of benzene rings is 1. The van der Waals surface area contributed by atoms with E-state index in [9.17, 15) is 48.4 Å². The van der Waals surface area contributed by atoms with Crippen molar-refractivity contribution in [2.75, 3.05) is 50.2 Å². The lowest BCUT2D eigenvalue weighted by Gasteiger charge is -2.25. The number of aliphatic imine (C=N–C) groups is 1. The number of hydrogen-bond donors (Lipinski definition) is 7. The average Bonchev–Trinajstić information content (AvgIpc) is 3.13. The Morgan fingerprint density at radius 1 is 0.659 bits per heavy atom. The summed E-state index contributed by atoms with van der Waals surface area (Å²) in [7, 11) is -5.00. The van der Waals surface area contributed by atoms with Crippen LogP contribution < -0.4 is 42.3 Å². The van der Waals surface area contributed by atoms with Gasteiger partial charge in [-0.25, -0.2) is 19.8 Å². The van der Waals surface area contributed by atoms with E-state index in [0.717, 1.165) is 44.9 Å². The van der Waals surface area contributed by atoms with E-state index in [2.05, 4.69) is 55.4 Å². The number of nitrogens with two attached hydrogens (primary N) is 1. The number of aliphatic hydroxyl groups excluding tert-OH is 1. The second kappa shape index (κ2) is 48.0. The summed E-state index contributed by atoms with van der Waals surface area (Å²) >= 11 is 0. The molecule has 25 heteroatoms. The minimum atomic E-state index is -5.00. The Labute approximate surface area is 522 Å². The van der Waals surface area contributed by atoms with Crippen molar-refractivity contribution in [3.63, 3.8) is 0 Å². The fourth-order valence-electron chi connectivity index (χ4n) is 9.74. The molecule has 88 heavy (non-hydrogen) atoms. The molecule has 0 bridgehead atoms. The van der Waals surface area contributed by atoms with E-state index in [1.807, 2.05) is 0 Å². The fraction of sp³-hybridized carbons (Fsp3) is 0.730. The molecule has 498 valence electrons. The number of anilines is 2. The number of aliphatic hydroxyl groups is 1. The van der Waals surface area contributed by atoms with Crippen molar-refractivity contribution in [2.45, 2.75) is 257 Å². The second-order valence-corrected chi connectivity index (χ2v) is 24.0. The highest BCUT2D eigenvalue weighted by atomic mass is 31.2. The summed E-state index contributed by atoms with van der Waals surface area (Å²) in [5.41, 5.74) is 7.04. The van der Waals surface area contributed by atoms with Gasteiger partial charge in [0.25, 0.3) is 13.7 Å². The van der Waals surface area contributed by atoms with Gasteiger partial charge in [0.2, 0.25) is 5.91 Å². The summed E-state index contributed by atoms with van der Waals surface area (Å²) in [5.74, 6) is -3.67. The number of rotatable bonds is 54. The summed E-state index contributed by atoms with van der Waals surface area (Å²) in [5, 5.41) is 35.0. The Kier molecular flexibility index (Phi) is 41.6. The maximum absolute atomic E-state index is 12.9. The first-order valence-electron chi connectivity index (χ1n) is 32.7. The SMILES string of the molecule is CCCCCCCCCCCCCCCCCC(=O)OC[C@H](COP(=O)([O-])OCCNC(=O)OCCNC(=O)CCC(NC(=O)c1ccc(NCc2cnc3c(n2)C(O)N=C(N)N3)cc1)C(=O)[O-])OC(=O)CCCCCCCCCCCCCCCCC. The van der Waals surface area contributed by atoms with Crippen molar-refractivity contribution in [2.24, 2.45) is 10.7 Å². The van der Waals surface area contributed by atoms with E-state index in [1.165, 1.54) is 153 Å². The van der Waals surface area contributed by atoms with E-state index < -0.39 is 81.8 Å². The van der Waals surface area contributed by atoms with Crippen LogP contribution in [0, 0.1) is 0 Å². The Morgan fingerprint density at radius 3 is 1.70 bits per heavy atom. The number of nitrogens with zero attached hydrogens (tertiary/aromatic N) is 3. The van der Waals surface area contributed by atoms with Gasteiger partial charge in [-0.3, -0.25) is 23.7 Å². The molecule has 0 saturated carbocycles. The number of aliphatic carboxylic acids is 1. The highest BCUT2D eigenvalue weighted by molar-refractivity contribution is 7.45. The van der Waals surface area contributed by atoms with Crippen molar-refractivity contribution < 1.29 is 71.7 Å². The van der Waals surface area contributed by atoms with Gasteiger partial charge in [0.1, 0.15) is 18.9 Å². The third kappa shape index (κ3) is 37.8. The average molecular weight is 1260 g/mol. The molecule has 3 rings (SSSR count). The topological polar surface area (TPSA) is 356 Å². The van der Waals surface area contributed by atoms with Gasteiger partial charge in [0.05, 0.1) is 50.2 Å². The van der Waals surface area contributed by atoms with Crippen LogP contribution in [0.15, 0.2) is 35.5 Å². The van der Waals surface area contributed by atoms with Gasteiger partial charge >= 0.3 is 18.0 Å². The highest BCUT2D eigenvalue weighted by Crippen LogP contribution is 2.38. The van der Waals surface area contributed by atoms with Gasteiger partial charge in [-0.2, -0.15) is 0 Å². The van der Waals surface area contributed by atoms with E-state index in [1.54, 1.807) is 12.1 Å². The number of guanidine groups is 1. The molecule has 1 aromatic heterocycles. The quantitative estimate of drug-likeness (QED) is 0.0140. The first kappa shape index (κ1) is 76.3. The fourth-order valence-corrected chi connectivity index (χ4v) is 10.5. The summed E-state index contributed by atoms with van der Waals surface area (Å²) in [4.78, 5) is 100. The number of carbonyl (C=O) groups is 6. The molecule has 0 aliphatic carbocycles. The minimum Gasteiger partial charge on any atom is -0.756 e. The van der Waals surface area contributed by atoms with Crippen LogP contribution in [0.3, 0.4) is 0 Å². The van der Waals surface area contributed by atoms with Crippen LogP contribution >= 0.6 is 7.82 Å². The third-order valence-corrected chi connectivity index (χ3v) is 15.8. The van der Waals surface area contributed by atoms with Crippen molar-refractivity contribution >= 4 is 61.1 Å². The van der Waals surface area contributed by atoms with E-state index in [0.29, 0.717) is 24.2 Å². The van der Waals surface area contributed by atoms with Crippen molar-refractivity contribution in [1.29, 1.82) is 0 Å². The lowest BCUT2D eigenvalue weighted by Crippen LogP contribution is -2.48. The molecular formula is C63H104N9O15P-2. The lowest BCUT2D eigenvalue weighted by atomic mass is 10.0. The Balaban J connectivity index is 1.31. The van der Waals surface area contributed by atoms with Gasteiger partial charge in [0, 0.05) is 37.1 Å². The summed E-state index contributed by atoms with van der Waals surface area (Å²) in [6.45, 7) is 2.29. The molecule has 1 aliphatic rings. The number of aromatic nitrogens is 2. The Bertz CT molecular complexity index is 2370. The number of unbranched alkanes of at least 4 members (excludes halogenated alkanes) is 28. The van der Waals surface area contributed by atoms with E-state index in [4.69, 9.17) is 29.0 Å². The zero-order chi connectivity index (χ0) is 63.9. The summed E-state index contributed by atoms with van der Waals surface area (Å²) < 4.78 is 38.6. The first-order valence-corrected chi connectivity index (χ1v) is 34.2. The minimum absolute atomic E-state index is 0.0150. The number of phosphoric ester groups is 1. The summed E-state index contributed by atoms with van der Waals surface area (Å²) in [6.07, 6.45) is 33.3. The maximum atomic E-state index is 12.9. The number of nitrogens with one attached hydrogen (secondary N) is 5. The number of hydrogen-bond acceptors (Lipinski definition) is 21. The number of carboxylic acid groups (broad SMARTS) is 1. The van der Waals surface area contributed by atoms with E-state index >= 15 is 0 Å². The van der Waals surface area contributed by atoms with Gasteiger partial charge < -0.3 is 75.5 Å². The van der Waals surface area contributed by atoms with Crippen LogP contribution in [-0.4, -0.2) is 109 Å². The van der Waals surface area contributed by atoms with Crippen LogP contribution in [0.5, 0.6) is 0 Å². The van der Waals surface area contributed by atoms with Crippen molar-refractivity contribution in [3.05, 3.63) is 47.4 Å². The number of amides is 3. The van der Waals surface area contributed by atoms with Crippen LogP contribution in [0.1, 0.15) is 260 Å². The number of esters is 2. The molecule has 2 heterocycles. The van der Waals surface area contributed by atoms with Gasteiger partial charge in [-0.15, -0.1) is 0 Å². The molecule has 2 aromatic rings. The van der Waals surface area contributed by atoms with Gasteiger partial charge in [-0.05, 0) is 43.5 Å². The molecule has 0 radical (unpaired) electrons. The molecule has 0 saturated heterocycles. The third-order valence-electron chi connectivity index (χ3n) is 14.9. The monoisotopic (exact) mass is 1260 g/mol. The number of phosphoric acid groups is 1. The van der Waals surface area contributed by atoms with Gasteiger partial charge in [-0.1, -0.05) is 194 Å². The molecular weight excluding hydrogens is 1150 g/mol. The van der Waals surface area contributed by atoms with Crippen LogP contribution in [0.25, 0.3) is 0 Å².